The van der Waals surface area contributed by atoms with Crippen LogP contribution in [0.15, 0.2) is 53.7 Å². The number of thioether (sulfide) groups is 1. The molecule has 0 amide bonds. The number of benzene rings is 2. The average molecular weight is 399 g/mol. The molecule has 7 heteroatoms. The molecular weight excluding hydrogens is 377 g/mol. The van der Waals surface area contributed by atoms with Crippen molar-refractivity contribution in [1.29, 1.82) is 0 Å². The number of aryl methyl sites for hydroxylation is 1. The van der Waals surface area contributed by atoms with Crippen molar-refractivity contribution in [3.8, 4) is 17.1 Å². The Balaban J connectivity index is 2.01. The second-order valence-electron chi connectivity index (χ2n) is 7.28. The molecule has 3 rings (SSSR count). The van der Waals surface area contributed by atoms with E-state index in [2.05, 4.69) is 10.2 Å². The van der Waals surface area contributed by atoms with E-state index < -0.39 is 5.60 Å². The third-order valence-corrected chi connectivity index (χ3v) is 4.75. The molecule has 0 aliphatic carbocycles. The Morgan fingerprint density at radius 3 is 2.46 bits per heavy atom. The minimum Gasteiger partial charge on any atom is -0.459 e. The number of nitrogens with zero attached hydrogens (tertiary/aromatic N) is 3. The molecule has 2 aromatic carbocycles. The lowest BCUT2D eigenvalue weighted by atomic mass is 10.1. The highest BCUT2D eigenvalue weighted by atomic mass is 32.2. The third kappa shape index (κ3) is 4.59. The number of aromatic nitrogens is 3. The van der Waals surface area contributed by atoms with E-state index in [1.165, 1.54) is 17.8 Å². The summed E-state index contributed by atoms with van der Waals surface area (Å²) < 4.78 is 21.6. The zero-order valence-corrected chi connectivity index (χ0v) is 17.1. The predicted octanol–water partition coefficient (Wildman–Crippen LogP) is 4.82. The van der Waals surface area contributed by atoms with Crippen molar-refractivity contribution in [1.82, 2.24) is 14.8 Å². The van der Waals surface area contributed by atoms with Crippen LogP contribution in [0.25, 0.3) is 17.1 Å². The van der Waals surface area contributed by atoms with Crippen LogP contribution < -0.4 is 0 Å². The smallest absolute Gasteiger partial charge is 0.316 e. The summed E-state index contributed by atoms with van der Waals surface area (Å²) in [6.45, 7) is 7.42. The fourth-order valence-electron chi connectivity index (χ4n) is 2.71. The topological polar surface area (TPSA) is 57.0 Å². The van der Waals surface area contributed by atoms with Crippen molar-refractivity contribution in [3.63, 3.8) is 0 Å². The summed E-state index contributed by atoms with van der Waals surface area (Å²) in [6, 6.07) is 14.1. The highest BCUT2D eigenvalue weighted by Crippen LogP contribution is 2.30. The molecule has 0 bridgehead atoms. The molecule has 0 N–H and O–H groups in total. The minimum absolute atomic E-state index is 0.0819. The molecule has 0 spiro atoms. The number of ether oxygens (including phenoxy) is 1. The molecule has 5 nitrogen and oxygen atoms in total. The van der Waals surface area contributed by atoms with Gasteiger partial charge in [-0.15, -0.1) is 10.2 Å². The summed E-state index contributed by atoms with van der Waals surface area (Å²) >= 11 is 1.21. The molecule has 146 valence electrons. The molecule has 0 unspecified atom stereocenters. The molecular formula is C21H22FN3O2S. The van der Waals surface area contributed by atoms with Crippen molar-refractivity contribution in [3.05, 3.63) is 59.9 Å². The molecule has 0 saturated carbocycles. The second kappa shape index (κ2) is 8.14. The molecule has 0 aliphatic heterocycles. The van der Waals surface area contributed by atoms with Crippen LogP contribution in [0.3, 0.4) is 0 Å². The Bertz CT molecular complexity index is 995. The highest BCUT2D eigenvalue weighted by molar-refractivity contribution is 7.99. The van der Waals surface area contributed by atoms with E-state index in [9.17, 15) is 9.18 Å². The fourth-order valence-corrected chi connectivity index (χ4v) is 3.42. The van der Waals surface area contributed by atoms with Gasteiger partial charge in [0, 0.05) is 0 Å². The Morgan fingerprint density at radius 2 is 1.79 bits per heavy atom. The van der Waals surface area contributed by atoms with Gasteiger partial charge in [0.2, 0.25) is 0 Å². The first-order chi connectivity index (χ1) is 13.3. The van der Waals surface area contributed by atoms with Crippen molar-refractivity contribution in [2.45, 2.75) is 38.5 Å². The van der Waals surface area contributed by atoms with Gasteiger partial charge in [0.15, 0.2) is 11.0 Å². The van der Waals surface area contributed by atoms with Crippen LogP contribution in [0.2, 0.25) is 0 Å². The van der Waals surface area contributed by atoms with Crippen LogP contribution in [0, 0.1) is 12.7 Å². The summed E-state index contributed by atoms with van der Waals surface area (Å²) in [5.74, 6) is -0.254. The summed E-state index contributed by atoms with van der Waals surface area (Å²) in [7, 11) is 0. The van der Waals surface area contributed by atoms with Gasteiger partial charge in [0.05, 0.1) is 17.0 Å². The number of hydrogen-bond donors (Lipinski definition) is 0. The number of carbonyl (C=O) groups is 1. The second-order valence-corrected chi connectivity index (χ2v) is 8.23. The van der Waals surface area contributed by atoms with Crippen LogP contribution in [0.1, 0.15) is 26.3 Å². The Morgan fingerprint density at radius 1 is 1.11 bits per heavy atom. The fraction of sp³-hybridized carbons (Fsp3) is 0.286. The Kier molecular flexibility index (Phi) is 5.84. The van der Waals surface area contributed by atoms with E-state index in [-0.39, 0.29) is 17.5 Å². The quantitative estimate of drug-likeness (QED) is 0.455. The summed E-state index contributed by atoms with van der Waals surface area (Å²) in [5, 5.41) is 8.94. The molecule has 3 aromatic rings. The van der Waals surface area contributed by atoms with Crippen LogP contribution in [0.5, 0.6) is 0 Å². The van der Waals surface area contributed by atoms with Crippen LogP contribution in [-0.2, 0) is 9.53 Å². The lowest BCUT2D eigenvalue weighted by molar-refractivity contribution is -0.151. The van der Waals surface area contributed by atoms with Gasteiger partial charge in [-0.3, -0.25) is 9.36 Å². The molecule has 0 fully saturated rings. The van der Waals surface area contributed by atoms with Gasteiger partial charge in [-0.2, -0.15) is 0 Å². The summed E-state index contributed by atoms with van der Waals surface area (Å²) in [5.41, 5.74) is 1.61. The summed E-state index contributed by atoms with van der Waals surface area (Å²) in [4.78, 5) is 12.1. The van der Waals surface area contributed by atoms with Crippen LogP contribution >= 0.6 is 11.8 Å². The van der Waals surface area contributed by atoms with E-state index in [0.717, 1.165) is 11.3 Å². The normalized spacial score (nSPS) is 11.5. The average Bonchev–Trinajstić information content (AvgIpc) is 3.03. The van der Waals surface area contributed by atoms with Gasteiger partial charge in [-0.1, -0.05) is 42.1 Å². The number of rotatable bonds is 5. The van der Waals surface area contributed by atoms with Gasteiger partial charge in [-0.25, -0.2) is 4.39 Å². The van der Waals surface area contributed by atoms with Gasteiger partial charge in [-0.05, 0) is 51.5 Å². The zero-order valence-electron chi connectivity index (χ0n) is 16.3. The monoisotopic (exact) mass is 399 g/mol. The van der Waals surface area contributed by atoms with E-state index >= 15 is 0 Å². The number of para-hydroxylation sites is 1. The van der Waals surface area contributed by atoms with Crippen molar-refractivity contribution in [2.75, 3.05) is 5.75 Å². The number of hydrogen-bond acceptors (Lipinski definition) is 5. The van der Waals surface area contributed by atoms with Gasteiger partial charge in [0.25, 0.3) is 0 Å². The highest BCUT2D eigenvalue weighted by Gasteiger charge is 2.22. The third-order valence-electron chi connectivity index (χ3n) is 3.84. The molecule has 0 atom stereocenters. The SMILES string of the molecule is Cc1ccccc1-n1c(SCC(=O)OC(C)(C)C)nnc1-c1ccccc1F. The van der Waals surface area contributed by atoms with Crippen molar-refractivity contribution in [2.24, 2.45) is 0 Å². The zero-order chi connectivity index (χ0) is 20.3. The van der Waals surface area contributed by atoms with Gasteiger partial charge in [0.1, 0.15) is 11.4 Å². The van der Waals surface area contributed by atoms with Crippen molar-refractivity contribution >= 4 is 17.7 Å². The van der Waals surface area contributed by atoms with E-state index in [1.54, 1.807) is 22.8 Å². The largest absolute Gasteiger partial charge is 0.459 e. The molecule has 0 saturated heterocycles. The molecule has 1 heterocycles. The first-order valence-corrected chi connectivity index (χ1v) is 9.86. The number of halogens is 1. The van der Waals surface area contributed by atoms with E-state index in [1.807, 2.05) is 52.0 Å². The lowest BCUT2D eigenvalue weighted by Crippen LogP contribution is -2.25. The molecule has 0 aliphatic rings. The van der Waals surface area contributed by atoms with E-state index in [4.69, 9.17) is 4.74 Å². The minimum atomic E-state index is -0.556. The maximum absolute atomic E-state index is 14.4. The predicted molar refractivity (Wildman–Crippen MR) is 108 cm³/mol. The summed E-state index contributed by atoms with van der Waals surface area (Å²) in [6.07, 6.45) is 0. The molecule has 0 radical (unpaired) electrons. The van der Waals surface area contributed by atoms with Gasteiger partial charge < -0.3 is 4.74 Å². The molecule has 28 heavy (non-hydrogen) atoms. The first-order valence-electron chi connectivity index (χ1n) is 8.87. The Labute approximate surface area is 167 Å². The molecule has 1 aromatic heterocycles. The maximum atomic E-state index is 14.4. The lowest BCUT2D eigenvalue weighted by Gasteiger charge is -2.19. The maximum Gasteiger partial charge on any atom is 0.316 e. The van der Waals surface area contributed by atoms with E-state index in [0.29, 0.717) is 16.5 Å². The van der Waals surface area contributed by atoms with Crippen molar-refractivity contribution < 1.29 is 13.9 Å². The van der Waals surface area contributed by atoms with Crippen LogP contribution in [0.4, 0.5) is 4.39 Å². The number of esters is 1. The van der Waals surface area contributed by atoms with Gasteiger partial charge >= 0.3 is 5.97 Å². The van der Waals surface area contributed by atoms with Crippen LogP contribution in [-0.4, -0.2) is 32.1 Å². The number of carbonyl (C=O) groups excluding carboxylic acids is 1. The first kappa shape index (κ1) is 20.1. The standard InChI is InChI=1S/C21H22FN3O2S/c1-14-9-5-8-12-17(14)25-19(15-10-6-7-11-16(15)22)23-24-20(25)28-13-18(26)27-21(2,3)4/h5-12H,13H2,1-4H3. The Hall–Kier alpha value is -2.67.